The minimum atomic E-state index is 0.329. The average molecular weight is 236 g/mol. The van der Waals surface area contributed by atoms with Crippen molar-refractivity contribution in [2.45, 2.75) is 0 Å². The molecule has 0 spiro atoms. The molecule has 86 valence electrons. The molecule has 0 radical (unpaired) electrons. The highest BCUT2D eigenvalue weighted by molar-refractivity contribution is 5.79. The Kier molecular flexibility index (Phi) is 2.35. The van der Waals surface area contributed by atoms with Crippen LogP contribution in [-0.2, 0) is 0 Å². The number of nitriles is 1. The third-order valence-corrected chi connectivity index (χ3v) is 2.47. The summed E-state index contributed by atoms with van der Waals surface area (Å²) in [7, 11) is 0. The highest BCUT2D eigenvalue weighted by atomic mass is 15.0. The molecule has 2 N–H and O–H groups in total. The van der Waals surface area contributed by atoms with Crippen molar-refractivity contribution in [3.05, 3.63) is 42.6 Å². The zero-order valence-corrected chi connectivity index (χ0v) is 9.25. The lowest BCUT2D eigenvalue weighted by Gasteiger charge is -2.04. The number of H-pyrrole nitrogens is 1. The predicted octanol–water partition coefficient (Wildman–Crippen LogP) is 1.97. The number of benzene rings is 1. The van der Waals surface area contributed by atoms with E-state index in [1.807, 2.05) is 24.3 Å². The molecule has 2 aromatic heterocycles. The first-order valence-corrected chi connectivity index (χ1v) is 5.27. The summed E-state index contributed by atoms with van der Waals surface area (Å²) in [5.74, 6) is 0.584. The van der Waals surface area contributed by atoms with Crippen LogP contribution in [0.2, 0.25) is 0 Å². The predicted molar refractivity (Wildman–Crippen MR) is 66.1 cm³/mol. The molecule has 0 atom stereocenters. The molecule has 0 aliphatic rings. The normalized spacial score (nSPS) is 10.2. The van der Waals surface area contributed by atoms with Gasteiger partial charge >= 0.3 is 0 Å². The van der Waals surface area contributed by atoms with Crippen molar-refractivity contribution in [1.82, 2.24) is 19.9 Å². The zero-order valence-electron chi connectivity index (χ0n) is 9.25. The number of hydrogen-bond donors (Lipinski definition) is 2. The number of aromatic nitrogens is 4. The van der Waals surface area contributed by atoms with Gasteiger partial charge in [0.05, 0.1) is 17.4 Å². The highest BCUT2D eigenvalue weighted by Gasteiger charge is 2.01. The first-order valence-electron chi connectivity index (χ1n) is 5.27. The van der Waals surface area contributed by atoms with Gasteiger partial charge in [0.25, 0.3) is 0 Å². The summed E-state index contributed by atoms with van der Waals surface area (Å²) in [6, 6.07) is 9.30. The molecule has 0 aliphatic carbocycles. The van der Waals surface area contributed by atoms with Gasteiger partial charge in [-0.3, -0.25) is 0 Å². The van der Waals surface area contributed by atoms with Crippen LogP contribution in [0.25, 0.3) is 11.0 Å². The number of nitrogens with one attached hydrogen (secondary N) is 2. The van der Waals surface area contributed by atoms with Crippen LogP contribution in [0, 0.1) is 11.3 Å². The third-order valence-electron chi connectivity index (χ3n) is 2.47. The summed E-state index contributed by atoms with van der Waals surface area (Å²) in [6.45, 7) is 0. The van der Waals surface area contributed by atoms with E-state index in [1.54, 1.807) is 12.4 Å². The number of hydrogen-bond acceptors (Lipinski definition) is 5. The quantitative estimate of drug-likeness (QED) is 0.709. The summed E-state index contributed by atoms with van der Waals surface area (Å²) < 4.78 is 0. The molecule has 0 fully saturated rings. The summed E-state index contributed by atoms with van der Waals surface area (Å²) >= 11 is 0. The van der Waals surface area contributed by atoms with Crippen LogP contribution in [0.3, 0.4) is 0 Å². The fourth-order valence-electron chi connectivity index (χ4n) is 1.65. The molecule has 0 aliphatic heterocycles. The van der Waals surface area contributed by atoms with E-state index in [1.165, 1.54) is 6.33 Å². The molecule has 3 rings (SSSR count). The van der Waals surface area contributed by atoms with E-state index >= 15 is 0 Å². The van der Waals surface area contributed by atoms with E-state index in [0.717, 1.165) is 16.7 Å². The maximum Gasteiger partial charge on any atom is 0.145 e. The van der Waals surface area contributed by atoms with Gasteiger partial charge in [-0.15, -0.1) is 0 Å². The van der Waals surface area contributed by atoms with Crippen LogP contribution >= 0.6 is 0 Å². The molecule has 0 saturated carbocycles. The molecule has 3 aromatic rings. The van der Waals surface area contributed by atoms with Crippen LogP contribution in [-0.4, -0.2) is 19.9 Å². The van der Waals surface area contributed by atoms with E-state index in [4.69, 9.17) is 5.26 Å². The van der Waals surface area contributed by atoms with Crippen LogP contribution in [0.15, 0.2) is 36.9 Å². The molecular formula is C12H8N6. The number of aromatic amines is 1. The number of nitrogens with zero attached hydrogens (tertiary/aromatic N) is 4. The Bertz CT molecular complexity index is 739. The molecule has 0 unspecified atom stereocenters. The topological polar surface area (TPSA) is 90.3 Å². The van der Waals surface area contributed by atoms with Gasteiger partial charge < -0.3 is 10.3 Å². The summed E-state index contributed by atoms with van der Waals surface area (Å²) in [6.07, 6.45) is 3.00. The molecule has 0 saturated heterocycles. The fraction of sp³-hybridized carbons (Fsp3) is 0. The van der Waals surface area contributed by atoms with Crippen molar-refractivity contribution < 1.29 is 0 Å². The van der Waals surface area contributed by atoms with Gasteiger partial charge in [-0.1, -0.05) is 0 Å². The van der Waals surface area contributed by atoms with Crippen LogP contribution in [0.5, 0.6) is 0 Å². The van der Waals surface area contributed by atoms with Crippen molar-refractivity contribution in [1.29, 1.82) is 5.26 Å². The number of rotatable bonds is 2. The third kappa shape index (κ3) is 1.85. The molecule has 1 aromatic carbocycles. The minimum absolute atomic E-state index is 0.329. The van der Waals surface area contributed by atoms with Gasteiger partial charge in [-0.2, -0.15) is 5.26 Å². The Labute approximate surface area is 102 Å². The Balaban J connectivity index is 1.93. The average Bonchev–Trinajstić information content (AvgIpc) is 2.86. The highest BCUT2D eigenvalue weighted by Crippen LogP contribution is 2.19. The molecule has 6 nitrogen and oxygen atoms in total. The van der Waals surface area contributed by atoms with E-state index in [-0.39, 0.29) is 0 Å². The van der Waals surface area contributed by atoms with E-state index < -0.39 is 0 Å². The van der Waals surface area contributed by atoms with Crippen LogP contribution < -0.4 is 5.32 Å². The SMILES string of the molecule is N#Cc1cc(Nc2ccc3nc[nH]c3c2)ncn1. The second-order valence-corrected chi connectivity index (χ2v) is 3.66. The largest absolute Gasteiger partial charge is 0.345 e. The molecule has 18 heavy (non-hydrogen) atoms. The minimum Gasteiger partial charge on any atom is -0.345 e. The number of anilines is 2. The standard InChI is InChI=1S/C12H8N6/c13-5-9-4-12(17-6-14-9)18-8-1-2-10-11(3-8)16-7-15-10/h1-4,6-7H,(H,15,16)(H,14,17,18). The van der Waals surface area contributed by atoms with Gasteiger partial charge in [0.2, 0.25) is 0 Å². The summed E-state index contributed by atoms with van der Waals surface area (Å²) in [5.41, 5.74) is 3.04. The molecule has 2 heterocycles. The molecular weight excluding hydrogens is 228 g/mol. The maximum atomic E-state index is 8.76. The van der Waals surface area contributed by atoms with E-state index in [9.17, 15) is 0 Å². The number of fused-ring (bicyclic) bond motifs is 1. The summed E-state index contributed by atoms with van der Waals surface area (Å²) in [4.78, 5) is 15.0. The summed E-state index contributed by atoms with van der Waals surface area (Å²) in [5, 5.41) is 11.9. The van der Waals surface area contributed by atoms with Gasteiger partial charge in [-0.25, -0.2) is 15.0 Å². The monoisotopic (exact) mass is 236 g/mol. The van der Waals surface area contributed by atoms with Crippen molar-refractivity contribution in [3.63, 3.8) is 0 Å². The van der Waals surface area contributed by atoms with E-state index in [0.29, 0.717) is 11.5 Å². The maximum absolute atomic E-state index is 8.76. The smallest absolute Gasteiger partial charge is 0.145 e. The van der Waals surface area contributed by atoms with Gasteiger partial charge in [-0.05, 0) is 18.2 Å². The van der Waals surface area contributed by atoms with Gasteiger partial charge in [0.1, 0.15) is 23.9 Å². The Morgan fingerprint density at radius 2 is 2.11 bits per heavy atom. The lowest BCUT2D eigenvalue weighted by atomic mass is 10.2. The zero-order chi connectivity index (χ0) is 12.4. The Morgan fingerprint density at radius 3 is 3.00 bits per heavy atom. The molecule has 0 bridgehead atoms. The van der Waals surface area contributed by atoms with Gasteiger partial charge in [0, 0.05) is 11.8 Å². The van der Waals surface area contributed by atoms with Crippen molar-refractivity contribution >= 4 is 22.5 Å². The van der Waals surface area contributed by atoms with Crippen molar-refractivity contribution in [3.8, 4) is 6.07 Å². The Morgan fingerprint density at radius 1 is 1.17 bits per heavy atom. The number of imidazole rings is 1. The second kappa shape index (κ2) is 4.14. The van der Waals surface area contributed by atoms with E-state index in [2.05, 4.69) is 25.3 Å². The molecule has 0 amide bonds. The van der Waals surface area contributed by atoms with Crippen LogP contribution in [0.1, 0.15) is 5.69 Å². The van der Waals surface area contributed by atoms with Crippen molar-refractivity contribution in [2.75, 3.05) is 5.32 Å². The lowest BCUT2D eigenvalue weighted by molar-refractivity contribution is 1.14. The first kappa shape index (κ1) is 10.2. The van der Waals surface area contributed by atoms with Crippen LogP contribution in [0.4, 0.5) is 11.5 Å². The fourth-order valence-corrected chi connectivity index (χ4v) is 1.65. The lowest BCUT2D eigenvalue weighted by Crippen LogP contribution is -1.95. The second-order valence-electron chi connectivity index (χ2n) is 3.66. The first-order chi connectivity index (χ1) is 8.85. The molecule has 6 heteroatoms. The Hall–Kier alpha value is -2.94. The van der Waals surface area contributed by atoms with Crippen molar-refractivity contribution in [2.24, 2.45) is 0 Å². The van der Waals surface area contributed by atoms with Gasteiger partial charge in [0.15, 0.2) is 0 Å².